The molecule has 0 saturated heterocycles. The van der Waals surface area contributed by atoms with E-state index in [-0.39, 0.29) is 10.6 Å². The van der Waals surface area contributed by atoms with Crippen LogP contribution in [0.1, 0.15) is 18.9 Å². The van der Waals surface area contributed by atoms with E-state index in [1.54, 1.807) is 25.4 Å². The van der Waals surface area contributed by atoms with Gasteiger partial charge in [-0.2, -0.15) is 0 Å². The second-order valence-electron chi connectivity index (χ2n) is 7.00. The van der Waals surface area contributed by atoms with Gasteiger partial charge in [-0.1, -0.05) is 48.5 Å². The highest BCUT2D eigenvalue weighted by molar-refractivity contribution is 7.89. The third-order valence-corrected chi connectivity index (χ3v) is 6.36. The molecular weight excluding hydrogens is 400 g/mol. The molecule has 2 atom stereocenters. The van der Waals surface area contributed by atoms with Crippen LogP contribution in [0, 0.1) is 0 Å². The van der Waals surface area contributed by atoms with Gasteiger partial charge in [0.15, 0.2) is 0 Å². The number of sulfonamides is 1. The maximum absolute atomic E-state index is 12.6. The van der Waals surface area contributed by atoms with Gasteiger partial charge in [-0.05, 0) is 50.1 Å². The number of aliphatic hydroxyl groups is 1. The summed E-state index contributed by atoms with van der Waals surface area (Å²) in [7, 11) is -2.39. The van der Waals surface area contributed by atoms with E-state index >= 15 is 0 Å². The summed E-state index contributed by atoms with van der Waals surface area (Å²) in [5.41, 5.74) is 2.50. The third-order valence-electron chi connectivity index (χ3n) is 4.92. The van der Waals surface area contributed by atoms with Crippen molar-refractivity contribution in [3.05, 3.63) is 78.6 Å². The van der Waals surface area contributed by atoms with Crippen molar-refractivity contribution in [3.63, 3.8) is 0 Å². The van der Waals surface area contributed by atoms with Crippen LogP contribution in [0.25, 0.3) is 11.1 Å². The topological polar surface area (TPSA) is 88.5 Å². The normalized spacial score (nSPS) is 13.6. The fourth-order valence-corrected chi connectivity index (χ4v) is 4.04. The number of pyridine rings is 1. The summed E-state index contributed by atoms with van der Waals surface area (Å²) < 4.78 is 33.6. The number of ether oxygens (including phenoxy) is 1. The predicted octanol–water partition coefficient (Wildman–Crippen LogP) is 3.42. The van der Waals surface area contributed by atoms with Crippen LogP contribution in [0.2, 0.25) is 0 Å². The second-order valence-corrected chi connectivity index (χ2v) is 8.85. The first kappa shape index (κ1) is 22.0. The summed E-state index contributed by atoms with van der Waals surface area (Å²) in [6.45, 7) is 1.74. The van der Waals surface area contributed by atoms with Crippen molar-refractivity contribution >= 4 is 10.0 Å². The van der Waals surface area contributed by atoms with Gasteiger partial charge in [0.05, 0.1) is 6.10 Å². The van der Waals surface area contributed by atoms with Crippen LogP contribution >= 0.6 is 0 Å². The molecule has 0 aliphatic rings. The molecular formula is C23H26N2O4S. The van der Waals surface area contributed by atoms with Gasteiger partial charge < -0.3 is 9.84 Å². The quantitative estimate of drug-likeness (QED) is 0.547. The number of aryl methyl sites for hydroxylation is 1. The Morgan fingerprint density at radius 2 is 1.83 bits per heavy atom. The van der Waals surface area contributed by atoms with E-state index < -0.39 is 22.2 Å². The molecule has 2 aromatic carbocycles. The summed E-state index contributed by atoms with van der Waals surface area (Å²) in [4.78, 5) is 4.12. The molecule has 7 heteroatoms. The molecule has 0 fully saturated rings. The number of hydrogen-bond donors (Lipinski definition) is 2. The Morgan fingerprint density at radius 3 is 2.50 bits per heavy atom. The fourth-order valence-electron chi connectivity index (χ4n) is 3.16. The van der Waals surface area contributed by atoms with E-state index in [1.807, 2.05) is 48.5 Å². The summed E-state index contributed by atoms with van der Waals surface area (Å²) in [6.07, 6.45) is 3.19. The summed E-state index contributed by atoms with van der Waals surface area (Å²) in [5.74, 6) is 0.228. The largest absolute Gasteiger partial charge is 0.486 e. The van der Waals surface area contributed by atoms with Gasteiger partial charge in [0.2, 0.25) is 10.0 Å². The lowest BCUT2D eigenvalue weighted by molar-refractivity contribution is 0.0407. The van der Waals surface area contributed by atoms with Crippen LogP contribution in [0.4, 0.5) is 0 Å². The molecule has 1 aromatic heterocycles. The molecule has 0 aliphatic heterocycles. The molecule has 0 aliphatic carbocycles. The zero-order chi connectivity index (χ0) is 21.6. The highest BCUT2D eigenvalue weighted by Crippen LogP contribution is 2.36. The number of aromatic nitrogens is 1. The van der Waals surface area contributed by atoms with Crippen molar-refractivity contribution in [2.45, 2.75) is 36.9 Å². The minimum absolute atomic E-state index is 0.0395. The van der Waals surface area contributed by atoms with Gasteiger partial charge in [-0.3, -0.25) is 4.98 Å². The Kier molecular flexibility index (Phi) is 7.20. The van der Waals surface area contributed by atoms with Gasteiger partial charge in [0, 0.05) is 18.0 Å². The SMILES string of the molecule is CNS(=O)(=O)c1cccc(-c2ccccc2)c1OC(C)C(O)CCc1cccnc1. The zero-order valence-corrected chi connectivity index (χ0v) is 17.8. The van der Waals surface area contributed by atoms with Crippen LogP contribution in [-0.4, -0.2) is 37.8 Å². The third kappa shape index (κ3) is 5.24. The van der Waals surface area contributed by atoms with E-state index in [1.165, 1.54) is 13.1 Å². The van der Waals surface area contributed by atoms with Crippen LogP contribution in [0.5, 0.6) is 5.75 Å². The molecule has 30 heavy (non-hydrogen) atoms. The molecule has 6 nitrogen and oxygen atoms in total. The van der Waals surface area contributed by atoms with Gasteiger partial charge >= 0.3 is 0 Å². The maximum Gasteiger partial charge on any atom is 0.244 e. The zero-order valence-electron chi connectivity index (χ0n) is 17.0. The van der Waals surface area contributed by atoms with E-state index in [2.05, 4.69) is 9.71 Å². The Hall–Kier alpha value is -2.74. The lowest BCUT2D eigenvalue weighted by Gasteiger charge is -2.24. The number of nitrogens with zero attached hydrogens (tertiary/aromatic N) is 1. The van der Waals surface area contributed by atoms with Crippen molar-refractivity contribution in [1.82, 2.24) is 9.71 Å². The first-order valence-electron chi connectivity index (χ1n) is 9.78. The molecule has 158 valence electrons. The number of para-hydroxylation sites is 1. The van der Waals surface area contributed by atoms with Crippen LogP contribution in [0.3, 0.4) is 0 Å². The van der Waals surface area contributed by atoms with Crippen LogP contribution < -0.4 is 9.46 Å². The average molecular weight is 427 g/mol. The summed E-state index contributed by atoms with van der Waals surface area (Å²) in [6, 6.07) is 18.2. The Balaban J connectivity index is 1.89. The molecule has 3 rings (SSSR count). The lowest BCUT2D eigenvalue weighted by Crippen LogP contribution is -2.30. The predicted molar refractivity (Wildman–Crippen MR) is 117 cm³/mol. The molecule has 0 radical (unpaired) electrons. The van der Waals surface area contributed by atoms with Gasteiger partial charge in [-0.25, -0.2) is 13.1 Å². The number of hydrogen-bond acceptors (Lipinski definition) is 5. The second kappa shape index (κ2) is 9.84. The van der Waals surface area contributed by atoms with Crippen molar-refractivity contribution < 1.29 is 18.3 Å². The molecule has 2 unspecified atom stereocenters. The molecule has 1 heterocycles. The Labute approximate surface area is 177 Å². The van der Waals surface area contributed by atoms with E-state index in [9.17, 15) is 13.5 Å². The smallest absolute Gasteiger partial charge is 0.244 e. The molecule has 3 aromatic rings. The molecule has 0 amide bonds. The Bertz CT molecular complexity index is 1060. The van der Waals surface area contributed by atoms with Crippen molar-refractivity contribution in [1.29, 1.82) is 0 Å². The number of benzene rings is 2. The van der Waals surface area contributed by atoms with Gasteiger partial charge in [0.1, 0.15) is 16.7 Å². The number of rotatable bonds is 9. The van der Waals surface area contributed by atoms with Crippen LogP contribution in [0.15, 0.2) is 78.0 Å². The van der Waals surface area contributed by atoms with Gasteiger partial charge in [-0.15, -0.1) is 0 Å². The number of nitrogens with one attached hydrogen (secondary N) is 1. The van der Waals surface area contributed by atoms with E-state index in [0.717, 1.165) is 11.1 Å². The van der Waals surface area contributed by atoms with E-state index in [0.29, 0.717) is 18.4 Å². The maximum atomic E-state index is 12.6. The standard InChI is InChI=1S/C23H26N2O4S/c1-17(21(26)14-13-18-8-7-15-25-16-18)29-23-20(19-9-4-3-5-10-19)11-6-12-22(23)30(27,28)24-2/h3-12,15-17,21,24,26H,13-14H2,1-2H3. The average Bonchev–Trinajstić information content (AvgIpc) is 2.78. The van der Waals surface area contributed by atoms with Crippen molar-refractivity contribution in [2.24, 2.45) is 0 Å². The summed E-state index contributed by atoms with van der Waals surface area (Å²) in [5, 5.41) is 10.6. The fraction of sp³-hybridized carbons (Fsp3) is 0.261. The van der Waals surface area contributed by atoms with Crippen molar-refractivity contribution in [2.75, 3.05) is 7.05 Å². The highest BCUT2D eigenvalue weighted by atomic mass is 32.2. The summed E-state index contributed by atoms with van der Waals surface area (Å²) >= 11 is 0. The lowest BCUT2D eigenvalue weighted by atomic mass is 10.0. The first-order valence-corrected chi connectivity index (χ1v) is 11.3. The van der Waals surface area contributed by atoms with Gasteiger partial charge in [0.25, 0.3) is 0 Å². The Morgan fingerprint density at radius 1 is 1.07 bits per heavy atom. The molecule has 0 saturated carbocycles. The minimum Gasteiger partial charge on any atom is -0.486 e. The number of aliphatic hydroxyl groups excluding tert-OH is 1. The van der Waals surface area contributed by atoms with Crippen LogP contribution in [-0.2, 0) is 16.4 Å². The molecule has 2 N–H and O–H groups in total. The monoisotopic (exact) mass is 426 g/mol. The van der Waals surface area contributed by atoms with E-state index in [4.69, 9.17) is 4.74 Å². The first-order chi connectivity index (χ1) is 14.4. The molecule has 0 bridgehead atoms. The molecule has 0 spiro atoms. The highest BCUT2D eigenvalue weighted by Gasteiger charge is 2.25. The minimum atomic E-state index is -3.75. The van der Waals surface area contributed by atoms with Crippen molar-refractivity contribution in [3.8, 4) is 16.9 Å².